The minimum atomic E-state index is 0.130. The van der Waals surface area contributed by atoms with Crippen LogP contribution in [0.5, 0.6) is 5.75 Å². The number of hydrogen-bond donors (Lipinski definition) is 0. The Morgan fingerprint density at radius 1 is 1.17 bits per heavy atom. The van der Waals surface area contributed by atoms with Crippen molar-refractivity contribution in [2.45, 2.75) is 31.0 Å². The number of nitrogens with zero attached hydrogens (tertiary/aromatic N) is 4. The molecule has 0 aliphatic carbocycles. The molecule has 0 N–H and O–H groups in total. The summed E-state index contributed by atoms with van der Waals surface area (Å²) in [7, 11) is 0. The Balaban J connectivity index is 1.41. The van der Waals surface area contributed by atoms with Crippen LogP contribution < -0.4 is 4.74 Å². The first-order valence-corrected chi connectivity index (χ1v) is 10.9. The SMILES string of the molecule is CCOc1ccc([C@H]2CCCN2C(=O)CSc2nncn2-c2ccccc2)cc1. The van der Waals surface area contributed by atoms with Crippen LogP contribution in [0.2, 0.25) is 0 Å². The van der Waals surface area contributed by atoms with Crippen molar-refractivity contribution in [3.8, 4) is 11.4 Å². The Morgan fingerprint density at radius 3 is 2.72 bits per heavy atom. The standard InChI is InChI=1S/C22H24N4O2S/c1-2-28-19-12-10-17(11-13-19)20-9-6-14-25(20)21(27)15-29-22-24-23-16-26(22)18-7-4-3-5-8-18/h3-5,7-8,10-13,16,20H,2,6,9,14-15H2,1H3/t20-/m1/s1. The van der Waals surface area contributed by atoms with Crippen molar-refractivity contribution >= 4 is 17.7 Å². The molecule has 7 heteroatoms. The van der Waals surface area contributed by atoms with Gasteiger partial charge in [-0.3, -0.25) is 9.36 Å². The monoisotopic (exact) mass is 408 g/mol. The Morgan fingerprint density at radius 2 is 1.97 bits per heavy atom. The second-order valence-corrected chi connectivity index (χ2v) is 7.80. The van der Waals surface area contributed by atoms with Crippen LogP contribution in [0.4, 0.5) is 0 Å². The van der Waals surface area contributed by atoms with E-state index in [2.05, 4.69) is 22.3 Å². The van der Waals surface area contributed by atoms with Gasteiger partial charge in [0.2, 0.25) is 5.91 Å². The highest BCUT2D eigenvalue weighted by atomic mass is 32.2. The maximum Gasteiger partial charge on any atom is 0.233 e. The van der Waals surface area contributed by atoms with Gasteiger partial charge in [0.15, 0.2) is 5.16 Å². The zero-order valence-corrected chi connectivity index (χ0v) is 17.2. The molecule has 1 aromatic heterocycles. The van der Waals surface area contributed by atoms with Gasteiger partial charge in [-0.25, -0.2) is 0 Å². The smallest absolute Gasteiger partial charge is 0.233 e. The van der Waals surface area contributed by atoms with Gasteiger partial charge in [-0.05, 0) is 49.6 Å². The molecule has 3 aromatic rings. The highest BCUT2D eigenvalue weighted by Gasteiger charge is 2.30. The molecule has 1 aliphatic heterocycles. The fraction of sp³-hybridized carbons (Fsp3) is 0.318. The van der Waals surface area contributed by atoms with E-state index in [1.165, 1.54) is 11.8 Å². The topological polar surface area (TPSA) is 60.2 Å². The second kappa shape index (κ2) is 9.13. The van der Waals surface area contributed by atoms with Crippen molar-refractivity contribution in [1.29, 1.82) is 0 Å². The summed E-state index contributed by atoms with van der Waals surface area (Å²) in [6.07, 6.45) is 3.69. The number of carbonyl (C=O) groups excluding carboxylic acids is 1. The average Bonchev–Trinajstić information content (AvgIpc) is 3.43. The molecule has 2 heterocycles. The van der Waals surface area contributed by atoms with Crippen LogP contribution in [0, 0.1) is 0 Å². The number of rotatable bonds is 7. The van der Waals surface area contributed by atoms with Crippen LogP contribution >= 0.6 is 11.8 Å². The van der Waals surface area contributed by atoms with E-state index in [4.69, 9.17) is 4.74 Å². The molecule has 0 unspecified atom stereocenters. The van der Waals surface area contributed by atoms with Gasteiger partial charge in [-0.15, -0.1) is 10.2 Å². The third-order valence-corrected chi connectivity index (χ3v) is 5.95. The van der Waals surface area contributed by atoms with Gasteiger partial charge in [-0.1, -0.05) is 42.1 Å². The van der Waals surface area contributed by atoms with Crippen molar-refractivity contribution in [2.24, 2.45) is 0 Å². The van der Waals surface area contributed by atoms with Crippen LogP contribution in [0.15, 0.2) is 66.1 Å². The summed E-state index contributed by atoms with van der Waals surface area (Å²) in [6, 6.07) is 18.1. The lowest BCUT2D eigenvalue weighted by molar-refractivity contribution is -0.129. The molecule has 0 spiro atoms. The highest BCUT2D eigenvalue weighted by molar-refractivity contribution is 7.99. The predicted octanol–water partition coefficient (Wildman–Crippen LogP) is 4.12. The molecule has 1 saturated heterocycles. The van der Waals surface area contributed by atoms with Crippen LogP contribution in [0.1, 0.15) is 31.4 Å². The number of benzene rings is 2. The highest BCUT2D eigenvalue weighted by Crippen LogP contribution is 2.33. The summed E-state index contributed by atoms with van der Waals surface area (Å²) < 4.78 is 7.43. The summed E-state index contributed by atoms with van der Waals surface area (Å²) in [5, 5.41) is 8.93. The first-order valence-electron chi connectivity index (χ1n) is 9.86. The lowest BCUT2D eigenvalue weighted by Crippen LogP contribution is -2.32. The van der Waals surface area contributed by atoms with E-state index in [1.807, 2.05) is 58.9 Å². The molecule has 1 aliphatic rings. The summed E-state index contributed by atoms with van der Waals surface area (Å²) in [6.45, 7) is 3.42. The fourth-order valence-corrected chi connectivity index (χ4v) is 4.48. The zero-order chi connectivity index (χ0) is 20.1. The van der Waals surface area contributed by atoms with Crippen molar-refractivity contribution in [1.82, 2.24) is 19.7 Å². The lowest BCUT2D eigenvalue weighted by atomic mass is 10.0. The molecule has 2 aromatic carbocycles. The van der Waals surface area contributed by atoms with E-state index >= 15 is 0 Å². The van der Waals surface area contributed by atoms with E-state index in [0.717, 1.165) is 41.5 Å². The van der Waals surface area contributed by atoms with E-state index in [9.17, 15) is 4.79 Å². The van der Waals surface area contributed by atoms with Crippen LogP contribution in [0.3, 0.4) is 0 Å². The molecule has 1 atom stereocenters. The second-order valence-electron chi connectivity index (χ2n) is 6.85. The van der Waals surface area contributed by atoms with Crippen LogP contribution in [-0.2, 0) is 4.79 Å². The number of thioether (sulfide) groups is 1. The molecular weight excluding hydrogens is 384 g/mol. The quantitative estimate of drug-likeness (QED) is 0.551. The summed E-state index contributed by atoms with van der Waals surface area (Å²) >= 11 is 1.43. The molecule has 1 amide bonds. The molecule has 29 heavy (non-hydrogen) atoms. The Bertz CT molecular complexity index is 943. The minimum absolute atomic E-state index is 0.130. The molecule has 6 nitrogen and oxygen atoms in total. The van der Waals surface area contributed by atoms with Crippen LogP contribution in [-0.4, -0.2) is 44.5 Å². The summed E-state index contributed by atoms with van der Waals surface area (Å²) in [5.74, 6) is 1.34. The maximum absolute atomic E-state index is 13.0. The van der Waals surface area contributed by atoms with Gasteiger partial charge in [0.1, 0.15) is 12.1 Å². The molecule has 1 fully saturated rings. The number of para-hydroxylation sites is 1. The first-order chi connectivity index (χ1) is 14.3. The Hall–Kier alpha value is -2.80. The summed E-state index contributed by atoms with van der Waals surface area (Å²) in [5.41, 5.74) is 2.15. The molecule has 4 rings (SSSR count). The van der Waals surface area contributed by atoms with Gasteiger partial charge in [-0.2, -0.15) is 0 Å². The number of amides is 1. The normalized spacial score (nSPS) is 16.2. The molecule has 0 bridgehead atoms. The Kier molecular flexibility index (Phi) is 6.14. The largest absolute Gasteiger partial charge is 0.494 e. The van der Waals surface area contributed by atoms with Gasteiger partial charge in [0.25, 0.3) is 0 Å². The number of hydrogen-bond acceptors (Lipinski definition) is 5. The number of aromatic nitrogens is 3. The van der Waals surface area contributed by atoms with Gasteiger partial charge < -0.3 is 9.64 Å². The number of likely N-dealkylation sites (tertiary alicyclic amines) is 1. The van der Waals surface area contributed by atoms with E-state index in [-0.39, 0.29) is 11.9 Å². The van der Waals surface area contributed by atoms with Crippen molar-refractivity contribution in [3.63, 3.8) is 0 Å². The predicted molar refractivity (Wildman–Crippen MR) is 113 cm³/mol. The molecule has 0 saturated carbocycles. The van der Waals surface area contributed by atoms with Crippen molar-refractivity contribution in [3.05, 3.63) is 66.5 Å². The van der Waals surface area contributed by atoms with Gasteiger partial charge in [0.05, 0.1) is 18.4 Å². The molecular formula is C22H24N4O2S. The van der Waals surface area contributed by atoms with Crippen molar-refractivity contribution in [2.75, 3.05) is 18.9 Å². The first kappa shape index (κ1) is 19.5. The lowest BCUT2D eigenvalue weighted by Gasteiger charge is -2.25. The minimum Gasteiger partial charge on any atom is -0.494 e. The Labute approximate surface area is 174 Å². The summed E-state index contributed by atoms with van der Waals surface area (Å²) in [4.78, 5) is 15.0. The van der Waals surface area contributed by atoms with E-state index in [1.54, 1.807) is 6.33 Å². The molecule has 0 radical (unpaired) electrons. The molecule has 150 valence electrons. The van der Waals surface area contributed by atoms with Gasteiger partial charge >= 0.3 is 0 Å². The third-order valence-electron chi connectivity index (χ3n) is 5.02. The zero-order valence-electron chi connectivity index (χ0n) is 16.4. The van der Waals surface area contributed by atoms with Crippen molar-refractivity contribution < 1.29 is 9.53 Å². The van der Waals surface area contributed by atoms with Gasteiger partial charge in [0, 0.05) is 12.2 Å². The number of ether oxygens (including phenoxy) is 1. The average molecular weight is 409 g/mol. The van der Waals surface area contributed by atoms with E-state index < -0.39 is 0 Å². The number of carbonyl (C=O) groups is 1. The van der Waals surface area contributed by atoms with Crippen LogP contribution in [0.25, 0.3) is 5.69 Å². The third kappa shape index (κ3) is 4.45. The van der Waals surface area contributed by atoms with E-state index in [0.29, 0.717) is 12.4 Å². The fourth-order valence-electron chi connectivity index (χ4n) is 3.66. The maximum atomic E-state index is 13.0.